The fourth-order valence-corrected chi connectivity index (χ4v) is 4.87. The summed E-state index contributed by atoms with van der Waals surface area (Å²) in [5.74, 6) is -0.989. The van der Waals surface area contributed by atoms with Gasteiger partial charge in [-0.15, -0.1) is 0 Å². The summed E-state index contributed by atoms with van der Waals surface area (Å²) in [4.78, 5) is 61.5. The van der Waals surface area contributed by atoms with Crippen LogP contribution in [0.4, 0.5) is 9.59 Å². The zero-order valence-electron chi connectivity index (χ0n) is 33.7. The van der Waals surface area contributed by atoms with E-state index in [0.717, 1.165) is 11.1 Å². The third-order valence-electron chi connectivity index (χ3n) is 7.65. The lowest BCUT2D eigenvalue weighted by molar-refractivity contribution is -0.156. The maximum atomic E-state index is 13.1. The molecular weight excluding hydrogens is 740 g/mol. The van der Waals surface area contributed by atoms with E-state index in [2.05, 4.69) is 21.3 Å². The summed E-state index contributed by atoms with van der Waals surface area (Å²) in [6, 6.07) is 17.8. The van der Waals surface area contributed by atoms with E-state index in [-0.39, 0.29) is 70.1 Å². The number of esters is 1. The van der Waals surface area contributed by atoms with Crippen molar-refractivity contribution in [1.29, 1.82) is 0 Å². The number of benzene rings is 2. The highest BCUT2D eigenvalue weighted by Gasteiger charge is 2.20. The molecule has 318 valence electrons. The summed E-state index contributed by atoms with van der Waals surface area (Å²) < 4.78 is 37.5. The molecule has 0 saturated carbocycles. The number of carbonyl (C=O) groups is 5. The molecular formula is C41H62N4O12. The summed E-state index contributed by atoms with van der Waals surface area (Å²) in [6.45, 7) is 9.21. The maximum Gasteiger partial charge on any atom is 0.407 e. The number of carbonyl (C=O) groups excluding carboxylic acids is 5. The van der Waals surface area contributed by atoms with Crippen molar-refractivity contribution in [1.82, 2.24) is 21.3 Å². The Labute approximate surface area is 336 Å². The first-order valence-corrected chi connectivity index (χ1v) is 19.5. The molecule has 1 atom stereocenters. The molecule has 2 rings (SSSR count). The molecule has 0 spiro atoms. The van der Waals surface area contributed by atoms with E-state index >= 15 is 0 Å². The first-order valence-electron chi connectivity index (χ1n) is 19.5. The quantitative estimate of drug-likeness (QED) is 0.0500. The minimum atomic E-state index is -0.801. The van der Waals surface area contributed by atoms with Gasteiger partial charge in [-0.3, -0.25) is 14.4 Å². The van der Waals surface area contributed by atoms with Gasteiger partial charge >= 0.3 is 18.2 Å². The van der Waals surface area contributed by atoms with Crippen molar-refractivity contribution in [3.8, 4) is 0 Å². The standard InChI is InChI=1S/C41H62N4O12/c1-41(2,3)57-37(47)19-23-51-25-27-53-29-30-54-28-26-52-24-22-42-38(48)35(17-10-11-20-43-39(49)55-31-33-13-6-4-7-14-33)45-36(46)18-12-21-44-40(50)56-32-34-15-8-5-9-16-34/h4-9,13-16,35H,10-12,17-32H2,1-3H3,(H,42,48)(H,43,49)(H,44,50)(H,45,46). The van der Waals surface area contributed by atoms with Gasteiger partial charge in [0.05, 0.1) is 59.3 Å². The second-order valence-electron chi connectivity index (χ2n) is 13.8. The Morgan fingerprint density at radius 2 is 1.05 bits per heavy atom. The van der Waals surface area contributed by atoms with Gasteiger partial charge in [0, 0.05) is 26.1 Å². The Balaban J connectivity index is 1.60. The van der Waals surface area contributed by atoms with Crippen molar-refractivity contribution in [2.45, 2.75) is 84.2 Å². The number of nitrogens with one attached hydrogen (secondary N) is 4. The van der Waals surface area contributed by atoms with Gasteiger partial charge in [-0.2, -0.15) is 0 Å². The Morgan fingerprint density at radius 3 is 1.58 bits per heavy atom. The number of amides is 4. The average molecular weight is 803 g/mol. The molecule has 16 heteroatoms. The van der Waals surface area contributed by atoms with Crippen LogP contribution in [-0.2, 0) is 60.8 Å². The number of hydrogen-bond donors (Lipinski definition) is 4. The molecule has 57 heavy (non-hydrogen) atoms. The van der Waals surface area contributed by atoms with Gasteiger partial charge in [0.15, 0.2) is 0 Å². The van der Waals surface area contributed by atoms with Crippen LogP contribution in [0.5, 0.6) is 0 Å². The fraction of sp³-hybridized carbons (Fsp3) is 0.585. The van der Waals surface area contributed by atoms with Crippen LogP contribution in [0.3, 0.4) is 0 Å². The number of alkyl carbamates (subject to hydrolysis) is 2. The lowest BCUT2D eigenvalue weighted by atomic mass is 10.1. The minimum Gasteiger partial charge on any atom is -0.460 e. The van der Waals surface area contributed by atoms with E-state index in [1.165, 1.54) is 0 Å². The van der Waals surface area contributed by atoms with Crippen molar-refractivity contribution in [3.63, 3.8) is 0 Å². The number of rotatable bonds is 30. The van der Waals surface area contributed by atoms with E-state index in [1.807, 2.05) is 81.4 Å². The topological polar surface area (TPSA) is 198 Å². The molecule has 0 radical (unpaired) electrons. The average Bonchev–Trinajstić information content (AvgIpc) is 3.18. The predicted octanol–water partition coefficient (Wildman–Crippen LogP) is 4.19. The van der Waals surface area contributed by atoms with Crippen LogP contribution >= 0.6 is 0 Å². The summed E-state index contributed by atoms with van der Waals surface area (Å²) in [7, 11) is 0. The van der Waals surface area contributed by atoms with Gasteiger partial charge in [0.25, 0.3) is 0 Å². The second kappa shape index (κ2) is 30.4. The molecule has 0 aliphatic heterocycles. The lowest BCUT2D eigenvalue weighted by Crippen LogP contribution is -2.47. The molecule has 0 saturated heterocycles. The van der Waals surface area contributed by atoms with Crippen molar-refractivity contribution < 1.29 is 57.1 Å². The van der Waals surface area contributed by atoms with Gasteiger partial charge in [0.2, 0.25) is 11.8 Å². The van der Waals surface area contributed by atoms with Crippen LogP contribution in [0.1, 0.15) is 70.4 Å². The van der Waals surface area contributed by atoms with Gasteiger partial charge < -0.3 is 54.4 Å². The summed E-state index contributed by atoms with van der Waals surface area (Å²) in [5, 5.41) is 10.9. The fourth-order valence-electron chi connectivity index (χ4n) is 4.87. The zero-order chi connectivity index (χ0) is 41.4. The minimum absolute atomic E-state index is 0.0926. The maximum absolute atomic E-state index is 13.1. The molecule has 1 unspecified atom stereocenters. The van der Waals surface area contributed by atoms with Gasteiger partial charge in [-0.05, 0) is 57.6 Å². The monoisotopic (exact) mass is 802 g/mol. The van der Waals surface area contributed by atoms with E-state index < -0.39 is 23.8 Å². The Morgan fingerprint density at radius 1 is 0.561 bits per heavy atom. The van der Waals surface area contributed by atoms with Crippen molar-refractivity contribution in [2.75, 3.05) is 72.5 Å². The van der Waals surface area contributed by atoms with Crippen LogP contribution in [0.2, 0.25) is 0 Å². The predicted molar refractivity (Wildman–Crippen MR) is 211 cm³/mol. The number of hydrogen-bond acceptors (Lipinski definition) is 12. The molecule has 16 nitrogen and oxygen atoms in total. The SMILES string of the molecule is CC(C)(C)OC(=O)CCOCCOCCOCCOCCNC(=O)C(CCCCNC(=O)OCc1ccccc1)NC(=O)CCCNC(=O)OCc1ccccc1. The highest BCUT2D eigenvalue weighted by atomic mass is 16.6. The summed E-state index contributed by atoms with van der Waals surface area (Å²) >= 11 is 0. The smallest absolute Gasteiger partial charge is 0.407 e. The third kappa shape index (κ3) is 27.5. The van der Waals surface area contributed by atoms with Crippen LogP contribution < -0.4 is 21.3 Å². The Bertz CT molecular complexity index is 1410. The molecule has 0 bridgehead atoms. The molecule has 2 aromatic rings. The third-order valence-corrected chi connectivity index (χ3v) is 7.65. The highest BCUT2D eigenvalue weighted by Crippen LogP contribution is 2.08. The molecule has 4 amide bonds. The van der Waals surface area contributed by atoms with Gasteiger partial charge in [-0.1, -0.05) is 60.7 Å². The highest BCUT2D eigenvalue weighted by molar-refractivity contribution is 5.87. The Hall–Kier alpha value is -4.77. The summed E-state index contributed by atoms with van der Waals surface area (Å²) in [5.41, 5.74) is 1.23. The first-order chi connectivity index (χ1) is 27.5. The zero-order valence-corrected chi connectivity index (χ0v) is 33.7. The van der Waals surface area contributed by atoms with E-state index in [9.17, 15) is 24.0 Å². The van der Waals surface area contributed by atoms with Crippen LogP contribution in [0.15, 0.2) is 60.7 Å². The number of ether oxygens (including phenoxy) is 7. The van der Waals surface area contributed by atoms with Crippen molar-refractivity contribution in [2.24, 2.45) is 0 Å². The second-order valence-corrected chi connectivity index (χ2v) is 13.8. The molecule has 0 aliphatic carbocycles. The largest absolute Gasteiger partial charge is 0.460 e. The Kier molecular flexibility index (Phi) is 25.8. The number of unbranched alkanes of at least 4 members (excludes halogenated alkanes) is 1. The lowest BCUT2D eigenvalue weighted by Gasteiger charge is -2.19. The van der Waals surface area contributed by atoms with Gasteiger partial charge in [-0.25, -0.2) is 9.59 Å². The van der Waals surface area contributed by atoms with Crippen LogP contribution in [-0.4, -0.2) is 114 Å². The summed E-state index contributed by atoms with van der Waals surface area (Å²) in [6.07, 6.45) is 0.970. The molecule has 0 aliphatic rings. The molecule has 0 fully saturated rings. The van der Waals surface area contributed by atoms with Crippen molar-refractivity contribution in [3.05, 3.63) is 71.8 Å². The van der Waals surface area contributed by atoms with Gasteiger partial charge in [0.1, 0.15) is 24.9 Å². The first kappa shape index (κ1) is 48.4. The molecule has 2 aromatic carbocycles. The molecule has 0 aromatic heterocycles. The normalized spacial score (nSPS) is 11.6. The van der Waals surface area contributed by atoms with E-state index in [0.29, 0.717) is 71.9 Å². The molecule has 4 N–H and O–H groups in total. The van der Waals surface area contributed by atoms with Crippen molar-refractivity contribution >= 4 is 30.0 Å². The van der Waals surface area contributed by atoms with Crippen LogP contribution in [0.25, 0.3) is 0 Å². The van der Waals surface area contributed by atoms with E-state index in [4.69, 9.17) is 33.2 Å². The van der Waals surface area contributed by atoms with E-state index in [1.54, 1.807) is 0 Å². The van der Waals surface area contributed by atoms with Crippen LogP contribution in [0, 0.1) is 0 Å². The molecule has 0 heterocycles.